The van der Waals surface area contributed by atoms with E-state index >= 15 is 0 Å². The van der Waals surface area contributed by atoms with Crippen LogP contribution in [0, 0.1) is 11.6 Å². The summed E-state index contributed by atoms with van der Waals surface area (Å²) in [6.07, 6.45) is 2.69. The van der Waals surface area contributed by atoms with Crippen LogP contribution >= 0.6 is 0 Å². The fourth-order valence-corrected chi connectivity index (χ4v) is 2.65. The number of hydrogen-bond acceptors (Lipinski definition) is 1. The van der Waals surface area contributed by atoms with Crippen LogP contribution in [-0.4, -0.2) is 22.9 Å². The monoisotopic (exact) mass is 253 g/mol. The van der Waals surface area contributed by atoms with Gasteiger partial charge < -0.3 is 4.90 Å². The lowest BCUT2D eigenvalue weighted by Crippen LogP contribution is -2.40. The highest BCUT2D eigenvalue weighted by Gasteiger charge is 2.34. The second kappa shape index (κ2) is 5.04. The molecule has 2 nitrogen and oxygen atoms in total. The van der Waals surface area contributed by atoms with Gasteiger partial charge in [-0.05, 0) is 38.3 Å². The first-order valence-corrected chi connectivity index (χ1v) is 6.33. The van der Waals surface area contributed by atoms with E-state index in [9.17, 15) is 13.6 Å². The minimum absolute atomic E-state index is 0.0881. The van der Waals surface area contributed by atoms with E-state index in [-0.39, 0.29) is 17.6 Å². The van der Waals surface area contributed by atoms with Crippen LogP contribution in [0.1, 0.15) is 43.5 Å². The van der Waals surface area contributed by atoms with Gasteiger partial charge in [0.1, 0.15) is 0 Å². The van der Waals surface area contributed by atoms with Gasteiger partial charge in [-0.25, -0.2) is 8.78 Å². The molecule has 1 fully saturated rings. The molecule has 0 spiro atoms. The zero-order valence-electron chi connectivity index (χ0n) is 10.6. The Hall–Kier alpha value is -1.45. The van der Waals surface area contributed by atoms with Gasteiger partial charge in [0.25, 0.3) is 5.91 Å². The summed E-state index contributed by atoms with van der Waals surface area (Å²) >= 11 is 0. The number of likely N-dealkylation sites (tertiary alicyclic amines) is 1. The fourth-order valence-electron chi connectivity index (χ4n) is 2.65. The lowest BCUT2D eigenvalue weighted by atomic mass is 10.1. The molecule has 0 bridgehead atoms. The number of carbonyl (C=O) groups is 1. The Morgan fingerprint density at radius 2 is 2.11 bits per heavy atom. The van der Waals surface area contributed by atoms with Crippen molar-refractivity contribution in [2.75, 3.05) is 0 Å². The van der Waals surface area contributed by atoms with Crippen molar-refractivity contribution in [1.82, 2.24) is 4.90 Å². The van der Waals surface area contributed by atoms with E-state index in [4.69, 9.17) is 0 Å². The molecule has 1 aliphatic rings. The molecule has 0 N–H and O–H groups in total. The Kier molecular flexibility index (Phi) is 3.64. The molecule has 2 atom stereocenters. The molecule has 0 aromatic heterocycles. The number of hydrogen-bond donors (Lipinski definition) is 0. The Bertz CT molecular complexity index is 461. The number of carbonyl (C=O) groups excluding carboxylic acids is 1. The molecule has 18 heavy (non-hydrogen) atoms. The maximum Gasteiger partial charge on any atom is 0.257 e. The highest BCUT2D eigenvalue weighted by Crippen LogP contribution is 2.28. The third-order valence-corrected chi connectivity index (χ3v) is 3.67. The Morgan fingerprint density at radius 1 is 1.39 bits per heavy atom. The number of nitrogens with zero attached hydrogens (tertiary/aromatic N) is 1. The third-order valence-electron chi connectivity index (χ3n) is 3.67. The van der Waals surface area contributed by atoms with E-state index in [1.54, 1.807) is 4.90 Å². The van der Waals surface area contributed by atoms with Gasteiger partial charge in [0, 0.05) is 12.1 Å². The first kappa shape index (κ1) is 13.0. The molecule has 1 amide bonds. The van der Waals surface area contributed by atoms with E-state index < -0.39 is 17.5 Å². The maximum atomic E-state index is 13.6. The summed E-state index contributed by atoms with van der Waals surface area (Å²) in [5.74, 6) is -2.42. The molecule has 1 aliphatic heterocycles. The predicted octanol–water partition coefficient (Wildman–Crippen LogP) is 3.37. The molecular weight excluding hydrogens is 236 g/mol. The molecule has 98 valence electrons. The summed E-state index contributed by atoms with van der Waals surface area (Å²) < 4.78 is 26.8. The summed E-state index contributed by atoms with van der Waals surface area (Å²) in [5.41, 5.74) is -0.165. The van der Waals surface area contributed by atoms with E-state index in [2.05, 4.69) is 0 Å². The third kappa shape index (κ3) is 2.11. The first-order valence-electron chi connectivity index (χ1n) is 6.33. The largest absolute Gasteiger partial charge is 0.333 e. The molecule has 1 saturated heterocycles. The lowest BCUT2D eigenvalue weighted by molar-refractivity contribution is 0.0670. The minimum Gasteiger partial charge on any atom is -0.333 e. The Morgan fingerprint density at radius 3 is 2.78 bits per heavy atom. The SMILES string of the molecule is CCC1CCC(C)N1C(=O)c1cccc(F)c1F. The summed E-state index contributed by atoms with van der Waals surface area (Å²) in [7, 11) is 0. The van der Waals surface area contributed by atoms with Crippen LogP contribution in [0.5, 0.6) is 0 Å². The molecule has 4 heteroatoms. The van der Waals surface area contributed by atoms with Gasteiger partial charge in [-0.15, -0.1) is 0 Å². The normalized spacial score (nSPS) is 23.4. The van der Waals surface area contributed by atoms with Crippen molar-refractivity contribution in [1.29, 1.82) is 0 Å². The molecule has 1 heterocycles. The quantitative estimate of drug-likeness (QED) is 0.791. The average molecular weight is 253 g/mol. The van der Waals surface area contributed by atoms with Crippen molar-refractivity contribution in [3.63, 3.8) is 0 Å². The highest BCUT2D eigenvalue weighted by atomic mass is 19.2. The van der Waals surface area contributed by atoms with Gasteiger partial charge in [-0.1, -0.05) is 13.0 Å². The second-order valence-corrected chi connectivity index (χ2v) is 4.80. The standard InChI is InChI=1S/C14H17F2NO/c1-3-10-8-7-9(2)17(10)14(18)11-5-4-6-12(15)13(11)16/h4-6,9-10H,3,7-8H2,1-2H3. The van der Waals surface area contributed by atoms with E-state index in [1.807, 2.05) is 13.8 Å². The highest BCUT2D eigenvalue weighted by molar-refractivity contribution is 5.95. The molecule has 2 rings (SSSR count). The van der Waals surface area contributed by atoms with Gasteiger partial charge in [-0.3, -0.25) is 4.79 Å². The summed E-state index contributed by atoms with van der Waals surface area (Å²) in [6.45, 7) is 3.95. The predicted molar refractivity (Wildman–Crippen MR) is 65.3 cm³/mol. The van der Waals surface area contributed by atoms with Crippen molar-refractivity contribution in [2.24, 2.45) is 0 Å². The van der Waals surface area contributed by atoms with Gasteiger partial charge in [0.2, 0.25) is 0 Å². The van der Waals surface area contributed by atoms with Gasteiger partial charge >= 0.3 is 0 Å². The van der Waals surface area contributed by atoms with Crippen molar-refractivity contribution in [2.45, 2.75) is 45.2 Å². The van der Waals surface area contributed by atoms with Gasteiger partial charge in [-0.2, -0.15) is 0 Å². The van der Waals surface area contributed by atoms with Crippen molar-refractivity contribution >= 4 is 5.91 Å². The van der Waals surface area contributed by atoms with E-state index in [0.717, 1.165) is 25.3 Å². The maximum absolute atomic E-state index is 13.6. The average Bonchev–Trinajstić information content (AvgIpc) is 2.73. The zero-order valence-corrected chi connectivity index (χ0v) is 10.6. The molecule has 1 aromatic rings. The van der Waals surface area contributed by atoms with E-state index in [0.29, 0.717) is 0 Å². The molecule has 0 aliphatic carbocycles. The zero-order chi connectivity index (χ0) is 13.3. The number of benzene rings is 1. The lowest BCUT2D eigenvalue weighted by Gasteiger charge is -2.28. The molecular formula is C14H17F2NO. The smallest absolute Gasteiger partial charge is 0.257 e. The number of halogens is 2. The minimum atomic E-state index is -1.04. The number of rotatable bonds is 2. The summed E-state index contributed by atoms with van der Waals surface area (Å²) in [4.78, 5) is 14.0. The van der Waals surface area contributed by atoms with Crippen LogP contribution in [0.3, 0.4) is 0 Å². The first-order chi connectivity index (χ1) is 8.56. The van der Waals surface area contributed by atoms with Crippen LogP contribution in [0.4, 0.5) is 8.78 Å². The van der Waals surface area contributed by atoms with Crippen LogP contribution in [-0.2, 0) is 0 Å². The summed E-state index contributed by atoms with van der Waals surface area (Å²) in [5, 5.41) is 0. The van der Waals surface area contributed by atoms with Crippen molar-refractivity contribution < 1.29 is 13.6 Å². The van der Waals surface area contributed by atoms with Crippen LogP contribution in [0.15, 0.2) is 18.2 Å². The Balaban J connectivity index is 2.33. The van der Waals surface area contributed by atoms with Gasteiger partial charge in [0.05, 0.1) is 5.56 Å². The van der Waals surface area contributed by atoms with E-state index in [1.165, 1.54) is 12.1 Å². The van der Waals surface area contributed by atoms with Crippen LogP contribution in [0.2, 0.25) is 0 Å². The van der Waals surface area contributed by atoms with Crippen LogP contribution < -0.4 is 0 Å². The van der Waals surface area contributed by atoms with Crippen LogP contribution in [0.25, 0.3) is 0 Å². The topological polar surface area (TPSA) is 20.3 Å². The Labute approximate surface area is 106 Å². The van der Waals surface area contributed by atoms with Crippen molar-refractivity contribution in [3.05, 3.63) is 35.4 Å². The molecule has 2 unspecified atom stereocenters. The molecule has 0 saturated carbocycles. The van der Waals surface area contributed by atoms with Crippen molar-refractivity contribution in [3.8, 4) is 0 Å². The molecule has 1 aromatic carbocycles. The second-order valence-electron chi connectivity index (χ2n) is 4.80. The molecule has 0 radical (unpaired) electrons. The van der Waals surface area contributed by atoms with Gasteiger partial charge in [0.15, 0.2) is 11.6 Å². The summed E-state index contributed by atoms with van der Waals surface area (Å²) in [6, 6.07) is 3.96. The fraction of sp³-hybridized carbons (Fsp3) is 0.500. The number of amides is 1.